The second kappa shape index (κ2) is 7.31. The van der Waals surface area contributed by atoms with Crippen LogP contribution in [0.3, 0.4) is 0 Å². The fourth-order valence-corrected chi connectivity index (χ4v) is 4.19. The predicted octanol–water partition coefficient (Wildman–Crippen LogP) is 0.292. The first-order valence-electron chi connectivity index (χ1n) is 6.42. The van der Waals surface area contributed by atoms with Gasteiger partial charge in [-0.1, -0.05) is 19.3 Å². The minimum absolute atomic E-state index is 0.0821. The summed E-state index contributed by atoms with van der Waals surface area (Å²) < 4.78 is 25.8. The SMILES string of the molecule is NCCCS(=O)(=O)N(CCO)C1CCCCC1. The van der Waals surface area contributed by atoms with Crippen LogP contribution in [0, 0.1) is 0 Å². The minimum atomic E-state index is -3.25. The van der Waals surface area contributed by atoms with Crippen molar-refractivity contribution >= 4 is 10.0 Å². The molecule has 0 aromatic heterocycles. The van der Waals surface area contributed by atoms with Crippen LogP contribution in [0.5, 0.6) is 0 Å². The molecule has 0 radical (unpaired) electrons. The van der Waals surface area contributed by atoms with E-state index in [0.29, 0.717) is 13.0 Å². The summed E-state index contributed by atoms with van der Waals surface area (Å²) >= 11 is 0. The summed E-state index contributed by atoms with van der Waals surface area (Å²) in [5, 5.41) is 9.03. The van der Waals surface area contributed by atoms with Crippen LogP contribution in [0.25, 0.3) is 0 Å². The van der Waals surface area contributed by atoms with E-state index < -0.39 is 10.0 Å². The summed E-state index contributed by atoms with van der Waals surface area (Å²) in [5.74, 6) is 0.0972. The van der Waals surface area contributed by atoms with Gasteiger partial charge in [0, 0.05) is 12.6 Å². The molecule has 0 unspecified atom stereocenters. The van der Waals surface area contributed by atoms with Crippen molar-refractivity contribution in [2.75, 3.05) is 25.4 Å². The number of aliphatic hydroxyl groups excluding tert-OH is 1. The zero-order valence-electron chi connectivity index (χ0n) is 10.3. The van der Waals surface area contributed by atoms with Crippen molar-refractivity contribution in [1.82, 2.24) is 4.31 Å². The fourth-order valence-electron chi connectivity index (χ4n) is 2.40. The lowest BCUT2D eigenvalue weighted by Crippen LogP contribution is -2.44. The van der Waals surface area contributed by atoms with Crippen molar-refractivity contribution in [2.45, 2.75) is 44.6 Å². The first-order valence-corrected chi connectivity index (χ1v) is 8.03. The zero-order valence-corrected chi connectivity index (χ0v) is 11.2. The average molecular weight is 264 g/mol. The van der Waals surface area contributed by atoms with Crippen LogP contribution < -0.4 is 5.73 Å². The molecule has 0 spiro atoms. The van der Waals surface area contributed by atoms with Crippen molar-refractivity contribution in [1.29, 1.82) is 0 Å². The third-order valence-corrected chi connectivity index (χ3v) is 5.27. The maximum Gasteiger partial charge on any atom is 0.214 e. The van der Waals surface area contributed by atoms with Crippen LogP contribution in [0.2, 0.25) is 0 Å². The van der Waals surface area contributed by atoms with E-state index in [2.05, 4.69) is 0 Å². The highest BCUT2D eigenvalue weighted by atomic mass is 32.2. The van der Waals surface area contributed by atoms with E-state index in [9.17, 15) is 8.42 Å². The van der Waals surface area contributed by atoms with Gasteiger partial charge in [0.1, 0.15) is 0 Å². The quantitative estimate of drug-likeness (QED) is 0.692. The number of hydrogen-bond acceptors (Lipinski definition) is 4. The second-order valence-electron chi connectivity index (χ2n) is 4.58. The Morgan fingerprint density at radius 3 is 2.41 bits per heavy atom. The summed E-state index contributed by atoms with van der Waals surface area (Å²) in [7, 11) is -3.25. The molecular formula is C11H24N2O3S. The van der Waals surface area contributed by atoms with E-state index in [1.807, 2.05) is 0 Å². The third kappa shape index (κ3) is 4.54. The molecule has 1 saturated carbocycles. The fraction of sp³-hybridized carbons (Fsp3) is 1.00. The lowest BCUT2D eigenvalue weighted by molar-refractivity contribution is 0.199. The van der Waals surface area contributed by atoms with E-state index in [1.54, 1.807) is 0 Å². The van der Waals surface area contributed by atoms with Gasteiger partial charge in [0.25, 0.3) is 0 Å². The predicted molar refractivity (Wildman–Crippen MR) is 68.1 cm³/mol. The van der Waals surface area contributed by atoms with Gasteiger partial charge in [-0.25, -0.2) is 8.42 Å². The van der Waals surface area contributed by atoms with Gasteiger partial charge in [0.2, 0.25) is 10.0 Å². The molecular weight excluding hydrogens is 240 g/mol. The highest BCUT2D eigenvalue weighted by molar-refractivity contribution is 7.89. The van der Waals surface area contributed by atoms with Gasteiger partial charge in [0.15, 0.2) is 0 Å². The number of hydrogen-bond donors (Lipinski definition) is 2. The molecule has 102 valence electrons. The first-order chi connectivity index (χ1) is 8.11. The number of nitrogens with zero attached hydrogens (tertiary/aromatic N) is 1. The lowest BCUT2D eigenvalue weighted by atomic mass is 9.95. The van der Waals surface area contributed by atoms with Gasteiger partial charge in [-0.2, -0.15) is 4.31 Å². The summed E-state index contributed by atoms with van der Waals surface area (Å²) in [6.07, 6.45) is 5.67. The molecule has 0 aromatic carbocycles. The minimum Gasteiger partial charge on any atom is -0.395 e. The van der Waals surface area contributed by atoms with Gasteiger partial charge < -0.3 is 10.8 Å². The van der Waals surface area contributed by atoms with Crippen LogP contribution in [-0.4, -0.2) is 49.3 Å². The molecule has 0 bridgehead atoms. The standard InChI is InChI=1S/C11H24N2O3S/c12-7-4-10-17(15,16)13(8-9-14)11-5-2-1-3-6-11/h11,14H,1-10,12H2. The Labute approximate surface area is 104 Å². The molecule has 0 amide bonds. The van der Waals surface area contributed by atoms with Gasteiger partial charge in [-0.15, -0.1) is 0 Å². The topological polar surface area (TPSA) is 83.6 Å². The van der Waals surface area contributed by atoms with Crippen molar-refractivity contribution < 1.29 is 13.5 Å². The Kier molecular flexibility index (Phi) is 6.40. The van der Waals surface area contributed by atoms with Crippen molar-refractivity contribution in [3.05, 3.63) is 0 Å². The smallest absolute Gasteiger partial charge is 0.214 e. The van der Waals surface area contributed by atoms with Gasteiger partial charge in [0.05, 0.1) is 12.4 Å². The Bertz CT molecular complexity index is 300. The Morgan fingerprint density at radius 1 is 1.24 bits per heavy atom. The molecule has 1 fully saturated rings. The monoisotopic (exact) mass is 264 g/mol. The number of rotatable bonds is 7. The maximum absolute atomic E-state index is 12.1. The molecule has 0 aliphatic heterocycles. The molecule has 5 nitrogen and oxygen atoms in total. The largest absolute Gasteiger partial charge is 0.395 e. The second-order valence-corrected chi connectivity index (χ2v) is 6.63. The average Bonchev–Trinajstić information content (AvgIpc) is 2.34. The zero-order chi connectivity index (χ0) is 12.7. The highest BCUT2D eigenvalue weighted by Gasteiger charge is 2.29. The lowest BCUT2D eigenvalue weighted by Gasteiger charge is -2.33. The van der Waals surface area contributed by atoms with Crippen LogP contribution in [0.15, 0.2) is 0 Å². The normalized spacial score (nSPS) is 18.8. The molecule has 1 aliphatic carbocycles. The molecule has 3 N–H and O–H groups in total. The molecule has 6 heteroatoms. The van der Waals surface area contributed by atoms with E-state index >= 15 is 0 Å². The summed E-state index contributed by atoms with van der Waals surface area (Å²) in [6, 6.07) is 0.0821. The molecule has 0 heterocycles. The van der Waals surface area contributed by atoms with Crippen LogP contribution >= 0.6 is 0 Å². The number of sulfonamides is 1. The Balaban J connectivity index is 2.68. The van der Waals surface area contributed by atoms with E-state index in [-0.39, 0.29) is 24.9 Å². The maximum atomic E-state index is 12.1. The van der Waals surface area contributed by atoms with Gasteiger partial charge in [-0.3, -0.25) is 0 Å². The Hall–Kier alpha value is -0.170. The van der Waals surface area contributed by atoms with Gasteiger partial charge >= 0.3 is 0 Å². The van der Waals surface area contributed by atoms with Crippen LogP contribution in [-0.2, 0) is 10.0 Å². The molecule has 0 atom stereocenters. The third-order valence-electron chi connectivity index (χ3n) is 3.27. The summed E-state index contributed by atoms with van der Waals surface area (Å²) in [4.78, 5) is 0. The van der Waals surface area contributed by atoms with Crippen LogP contribution in [0.4, 0.5) is 0 Å². The van der Waals surface area contributed by atoms with E-state index in [0.717, 1.165) is 25.7 Å². The van der Waals surface area contributed by atoms with E-state index in [4.69, 9.17) is 10.8 Å². The van der Waals surface area contributed by atoms with Crippen molar-refractivity contribution in [3.8, 4) is 0 Å². The molecule has 1 rings (SSSR count). The van der Waals surface area contributed by atoms with Gasteiger partial charge in [-0.05, 0) is 25.8 Å². The Morgan fingerprint density at radius 2 is 1.88 bits per heavy atom. The van der Waals surface area contributed by atoms with E-state index in [1.165, 1.54) is 10.7 Å². The van der Waals surface area contributed by atoms with Crippen LogP contribution in [0.1, 0.15) is 38.5 Å². The molecule has 0 aromatic rings. The van der Waals surface area contributed by atoms with Crippen molar-refractivity contribution in [3.63, 3.8) is 0 Å². The summed E-state index contributed by atoms with van der Waals surface area (Å²) in [6.45, 7) is 0.493. The number of nitrogens with two attached hydrogens (primary N) is 1. The van der Waals surface area contributed by atoms with Crippen molar-refractivity contribution in [2.24, 2.45) is 5.73 Å². The summed E-state index contributed by atoms with van der Waals surface area (Å²) in [5.41, 5.74) is 5.36. The highest BCUT2D eigenvalue weighted by Crippen LogP contribution is 2.24. The molecule has 1 aliphatic rings. The first kappa shape index (κ1) is 14.9. The molecule has 17 heavy (non-hydrogen) atoms. The number of aliphatic hydroxyl groups is 1. The molecule has 0 saturated heterocycles.